The van der Waals surface area contributed by atoms with Crippen molar-refractivity contribution in [3.05, 3.63) is 4.88 Å². The highest BCUT2D eigenvalue weighted by Gasteiger charge is 2.25. The standard InChI is InChI=1S/C14H22N2OS2/c1-9(2)11(17)12-10(15)13(18-3)14(19-12)16-7-5-4-6-8-16/h9H,4-8,15H2,1-3H3. The zero-order valence-electron chi connectivity index (χ0n) is 11.9. The first kappa shape index (κ1) is 14.7. The van der Waals surface area contributed by atoms with E-state index in [-0.39, 0.29) is 11.7 Å². The highest BCUT2D eigenvalue weighted by atomic mass is 32.2. The SMILES string of the molecule is CSc1c(N2CCCCC2)sc(C(=O)C(C)C)c1N. The Kier molecular flexibility index (Phi) is 4.79. The van der Waals surface area contributed by atoms with Gasteiger partial charge in [-0.1, -0.05) is 13.8 Å². The monoisotopic (exact) mass is 298 g/mol. The molecule has 2 N–H and O–H groups in total. The Balaban J connectivity index is 2.37. The molecule has 5 heteroatoms. The maximum atomic E-state index is 12.2. The van der Waals surface area contributed by atoms with Crippen LogP contribution in [0.25, 0.3) is 0 Å². The van der Waals surface area contributed by atoms with Gasteiger partial charge in [-0.15, -0.1) is 23.1 Å². The molecule has 2 rings (SSSR count). The molecule has 0 spiro atoms. The van der Waals surface area contributed by atoms with Gasteiger partial charge in [-0.25, -0.2) is 0 Å². The number of hydrogen-bond acceptors (Lipinski definition) is 5. The van der Waals surface area contributed by atoms with Gasteiger partial charge in [0, 0.05) is 19.0 Å². The third-order valence-corrected chi connectivity index (χ3v) is 5.71. The van der Waals surface area contributed by atoms with Gasteiger partial charge < -0.3 is 10.6 Å². The Morgan fingerprint density at radius 2 is 1.95 bits per heavy atom. The van der Waals surface area contributed by atoms with Crippen molar-refractivity contribution in [2.45, 2.75) is 38.0 Å². The van der Waals surface area contributed by atoms with Gasteiger partial charge in [-0.3, -0.25) is 4.79 Å². The summed E-state index contributed by atoms with van der Waals surface area (Å²) in [4.78, 5) is 16.5. The molecule has 0 saturated carbocycles. The van der Waals surface area contributed by atoms with E-state index in [4.69, 9.17) is 5.73 Å². The maximum Gasteiger partial charge on any atom is 0.177 e. The van der Waals surface area contributed by atoms with Gasteiger partial charge in [-0.2, -0.15) is 0 Å². The second kappa shape index (κ2) is 6.18. The molecule has 0 unspecified atom stereocenters. The Morgan fingerprint density at radius 3 is 2.47 bits per heavy atom. The van der Waals surface area contributed by atoms with Crippen LogP contribution in [0.2, 0.25) is 0 Å². The van der Waals surface area contributed by atoms with Gasteiger partial charge >= 0.3 is 0 Å². The number of nitrogens with two attached hydrogens (primary N) is 1. The molecule has 1 aliphatic rings. The van der Waals surface area contributed by atoms with Gasteiger partial charge in [0.2, 0.25) is 0 Å². The molecule has 19 heavy (non-hydrogen) atoms. The van der Waals surface area contributed by atoms with Crippen molar-refractivity contribution in [1.82, 2.24) is 0 Å². The number of nitrogen functional groups attached to an aromatic ring is 1. The van der Waals surface area contributed by atoms with E-state index in [9.17, 15) is 4.79 Å². The van der Waals surface area contributed by atoms with Crippen LogP contribution in [0.5, 0.6) is 0 Å². The zero-order valence-corrected chi connectivity index (χ0v) is 13.5. The summed E-state index contributed by atoms with van der Waals surface area (Å²) in [6, 6.07) is 0. The average molecular weight is 298 g/mol. The molecule has 0 aromatic carbocycles. The summed E-state index contributed by atoms with van der Waals surface area (Å²) in [7, 11) is 0. The summed E-state index contributed by atoms with van der Waals surface area (Å²) in [5.74, 6) is 0.172. The number of carbonyl (C=O) groups excluding carboxylic acids is 1. The minimum absolute atomic E-state index is 0.00450. The molecular formula is C14H22N2OS2. The lowest BCUT2D eigenvalue weighted by molar-refractivity contribution is 0.0944. The van der Waals surface area contributed by atoms with Crippen molar-refractivity contribution in [2.24, 2.45) is 5.92 Å². The highest BCUT2D eigenvalue weighted by Crippen LogP contribution is 2.45. The fourth-order valence-electron chi connectivity index (χ4n) is 2.36. The smallest absolute Gasteiger partial charge is 0.177 e. The first-order valence-electron chi connectivity index (χ1n) is 6.81. The van der Waals surface area contributed by atoms with E-state index in [0.29, 0.717) is 5.69 Å². The van der Waals surface area contributed by atoms with Crippen LogP contribution in [0.15, 0.2) is 4.90 Å². The summed E-state index contributed by atoms with van der Waals surface area (Å²) in [6.07, 6.45) is 5.82. The third-order valence-electron chi connectivity index (χ3n) is 3.48. The summed E-state index contributed by atoms with van der Waals surface area (Å²) >= 11 is 3.24. The lowest BCUT2D eigenvalue weighted by Crippen LogP contribution is -2.28. The van der Waals surface area contributed by atoms with Crippen LogP contribution in [0.4, 0.5) is 10.7 Å². The fourth-order valence-corrected chi connectivity index (χ4v) is 4.69. The van der Waals surface area contributed by atoms with Crippen molar-refractivity contribution in [3.63, 3.8) is 0 Å². The number of nitrogens with zero attached hydrogens (tertiary/aromatic N) is 1. The molecule has 1 aromatic heterocycles. The summed E-state index contributed by atoms with van der Waals surface area (Å²) in [6.45, 7) is 6.04. The van der Waals surface area contributed by atoms with Crippen molar-refractivity contribution in [3.8, 4) is 0 Å². The van der Waals surface area contributed by atoms with Crippen molar-refractivity contribution >= 4 is 39.6 Å². The quantitative estimate of drug-likeness (QED) is 0.677. The topological polar surface area (TPSA) is 46.3 Å². The molecule has 1 saturated heterocycles. The number of hydrogen-bond donors (Lipinski definition) is 1. The number of anilines is 2. The number of carbonyl (C=O) groups is 1. The van der Waals surface area contributed by atoms with Crippen molar-refractivity contribution < 1.29 is 4.79 Å². The van der Waals surface area contributed by atoms with E-state index in [2.05, 4.69) is 4.90 Å². The molecule has 0 aliphatic carbocycles. The van der Waals surface area contributed by atoms with Crippen LogP contribution in [0.1, 0.15) is 42.8 Å². The predicted molar refractivity (Wildman–Crippen MR) is 85.7 cm³/mol. The molecule has 1 aromatic rings. The molecule has 0 bridgehead atoms. The van der Waals surface area contributed by atoms with E-state index in [1.807, 2.05) is 20.1 Å². The third kappa shape index (κ3) is 2.92. The van der Waals surface area contributed by atoms with Crippen LogP contribution in [-0.2, 0) is 0 Å². The number of thioether (sulfide) groups is 1. The van der Waals surface area contributed by atoms with Crippen molar-refractivity contribution in [2.75, 3.05) is 30.0 Å². The number of Topliss-reactive ketones (excluding diaryl/α,β-unsaturated/α-hetero) is 1. The van der Waals surface area contributed by atoms with E-state index < -0.39 is 0 Å². The van der Waals surface area contributed by atoms with E-state index in [1.165, 1.54) is 24.3 Å². The molecular weight excluding hydrogens is 276 g/mol. The highest BCUT2D eigenvalue weighted by molar-refractivity contribution is 7.99. The molecule has 3 nitrogen and oxygen atoms in total. The van der Waals surface area contributed by atoms with Gasteiger partial charge in [0.1, 0.15) is 5.00 Å². The van der Waals surface area contributed by atoms with Crippen LogP contribution < -0.4 is 10.6 Å². The van der Waals surface area contributed by atoms with Crippen LogP contribution in [0, 0.1) is 5.92 Å². The number of piperidine rings is 1. The van der Waals surface area contributed by atoms with Gasteiger partial charge in [0.25, 0.3) is 0 Å². The Morgan fingerprint density at radius 1 is 1.32 bits per heavy atom. The molecule has 0 amide bonds. The average Bonchev–Trinajstić information content (AvgIpc) is 2.75. The summed E-state index contributed by atoms with van der Waals surface area (Å²) in [5, 5.41) is 1.20. The van der Waals surface area contributed by atoms with Crippen LogP contribution in [-0.4, -0.2) is 25.1 Å². The first-order valence-corrected chi connectivity index (χ1v) is 8.85. The Labute approximate surface area is 123 Å². The minimum atomic E-state index is 0.00450. The van der Waals surface area contributed by atoms with Gasteiger partial charge in [-0.05, 0) is 25.5 Å². The Hall–Kier alpha value is -0.680. The maximum absolute atomic E-state index is 12.2. The van der Waals surface area contributed by atoms with Gasteiger partial charge in [0.15, 0.2) is 5.78 Å². The largest absolute Gasteiger partial charge is 0.396 e. The van der Waals surface area contributed by atoms with Crippen molar-refractivity contribution in [1.29, 1.82) is 0 Å². The second-order valence-corrected chi connectivity index (χ2v) is 7.07. The first-order chi connectivity index (χ1) is 9.06. The summed E-state index contributed by atoms with van der Waals surface area (Å²) in [5.41, 5.74) is 6.89. The molecule has 0 radical (unpaired) electrons. The van der Waals surface area contributed by atoms with Gasteiger partial charge in [0.05, 0.1) is 15.5 Å². The lowest BCUT2D eigenvalue weighted by atomic mass is 10.1. The van der Waals surface area contributed by atoms with E-state index in [0.717, 1.165) is 22.9 Å². The minimum Gasteiger partial charge on any atom is -0.396 e. The molecule has 0 atom stereocenters. The molecule has 1 fully saturated rings. The fraction of sp³-hybridized carbons (Fsp3) is 0.643. The predicted octanol–water partition coefficient (Wildman–Crippen LogP) is 3.88. The van der Waals surface area contributed by atoms with E-state index >= 15 is 0 Å². The van der Waals surface area contributed by atoms with E-state index in [1.54, 1.807) is 23.1 Å². The van der Waals surface area contributed by atoms with Crippen LogP contribution in [0.3, 0.4) is 0 Å². The molecule has 1 aliphatic heterocycles. The zero-order chi connectivity index (χ0) is 14.0. The lowest BCUT2D eigenvalue weighted by Gasteiger charge is -2.28. The second-order valence-electron chi connectivity index (χ2n) is 5.25. The number of ketones is 1. The molecule has 2 heterocycles. The van der Waals surface area contributed by atoms with Crippen LogP contribution >= 0.6 is 23.1 Å². The normalized spacial score (nSPS) is 16.1. The number of thiophene rings is 1. The summed E-state index contributed by atoms with van der Waals surface area (Å²) < 4.78 is 0. The molecule has 106 valence electrons. The number of rotatable bonds is 4. The Bertz CT molecular complexity index is 462.